The predicted molar refractivity (Wildman–Crippen MR) is 130 cm³/mol. The summed E-state index contributed by atoms with van der Waals surface area (Å²) in [6.07, 6.45) is 0.321. The molecule has 2 aromatic carbocycles. The molecule has 0 bridgehead atoms. The predicted octanol–water partition coefficient (Wildman–Crippen LogP) is 5.78. The number of hydrogen-bond acceptors (Lipinski definition) is 6. The highest BCUT2D eigenvalue weighted by molar-refractivity contribution is 8.00. The fourth-order valence-electron chi connectivity index (χ4n) is 2.82. The average molecular weight is 466 g/mol. The molecule has 4 aromatic rings. The molecule has 0 atom stereocenters. The van der Waals surface area contributed by atoms with Crippen LogP contribution in [0.5, 0.6) is 0 Å². The third kappa shape index (κ3) is 6.27. The van der Waals surface area contributed by atoms with Crippen LogP contribution < -0.4 is 10.6 Å². The number of carbonyl (C=O) groups is 2. The van der Waals surface area contributed by atoms with Crippen molar-refractivity contribution >= 4 is 57.1 Å². The van der Waals surface area contributed by atoms with Crippen molar-refractivity contribution in [1.82, 2.24) is 4.98 Å². The molecular weight excluding hydrogens is 446 g/mol. The van der Waals surface area contributed by atoms with Gasteiger partial charge in [0.05, 0.1) is 22.7 Å². The molecule has 2 N–H and O–H groups in total. The van der Waals surface area contributed by atoms with Gasteiger partial charge < -0.3 is 10.6 Å². The lowest BCUT2D eigenvalue weighted by Gasteiger charge is -2.08. The third-order valence-corrected chi connectivity index (χ3v) is 6.86. The standard InChI is InChI=1S/C23H19N3O2S3/c27-21(12-16-6-2-1-3-7-16)24-17-8-4-9-18(13-17)30-15-22(28)26-23-25-19(14-31-23)20-10-5-11-29-20/h1-11,13-14H,12,15H2,(H,24,27)(H,25,26,28). The lowest BCUT2D eigenvalue weighted by Crippen LogP contribution is -2.14. The molecular formula is C23H19N3O2S3. The molecule has 0 aliphatic rings. The molecule has 8 heteroatoms. The number of hydrogen-bond donors (Lipinski definition) is 2. The minimum absolute atomic E-state index is 0.0728. The van der Waals surface area contributed by atoms with Crippen LogP contribution in [0, 0.1) is 0 Å². The van der Waals surface area contributed by atoms with Gasteiger partial charge >= 0.3 is 0 Å². The first-order valence-electron chi connectivity index (χ1n) is 9.51. The lowest BCUT2D eigenvalue weighted by molar-refractivity contribution is -0.115. The molecule has 0 radical (unpaired) electrons. The van der Waals surface area contributed by atoms with Crippen LogP contribution in [-0.4, -0.2) is 22.6 Å². The molecule has 2 amide bonds. The van der Waals surface area contributed by atoms with E-state index in [0.29, 0.717) is 17.2 Å². The van der Waals surface area contributed by atoms with Gasteiger partial charge in [0.1, 0.15) is 0 Å². The van der Waals surface area contributed by atoms with Crippen LogP contribution in [0.2, 0.25) is 0 Å². The van der Waals surface area contributed by atoms with Gasteiger partial charge in [-0.25, -0.2) is 4.98 Å². The van der Waals surface area contributed by atoms with E-state index in [1.807, 2.05) is 77.5 Å². The zero-order valence-electron chi connectivity index (χ0n) is 16.4. The zero-order valence-corrected chi connectivity index (χ0v) is 18.9. The van der Waals surface area contributed by atoms with E-state index in [1.54, 1.807) is 11.3 Å². The van der Waals surface area contributed by atoms with Crippen LogP contribution in [0.4, 0.5) is 10.8 Å². The van der Waals surface area contributed by atoms with E-state index in [1.165, 1.54) is 23.1 Å². The van der Waals surface area contributed by atoms with Gasteiger partial charge in [-0.1, -0.05) is 42.5 Å². The highest BCUT2D eigenvalue weighted by Crippen LogP contribution is 2.28. The molecule has 0 saturated heterocycles. The zero-order chi connectivity index (χ0) is 21.5. The lowest BCUT2D eigenvalue weighted by atomic mass is 10.1. The molecule has 0 saturated carbocycles. The maximum absolute atomic E-state index is 12.3. The van der Waals surface area contributed by atoms with E-state index in [-0.39, 0.29) is 17.6 Å². The highest BCUT2D eigenvalue weighted by Gasteiger charge is 2.10. The Hall–Kier alpha value is -2.94. The molecule has 2 heterocycles. The van der Waals surface area contributed by atoms with E-state index in [9.17, 15) is 9.59 Å². The Morgan fingerprint density at radius 3 is 2.58 bits per heavy atom. The van der Waals surface area contributed by atoms with E-state index in [0.717, 1.165) is 21.0 Å². The van der Waals surface area contributed by atoms with Crippen LogP contribution in [0.1, 0.15) is 5.56 Å². The smallest absolute Gasteiger partial charge is 0.236 e. The largest absolute Gasteiger partial charge is 0.326 e. The number of amides is 2. The van der Waals surface area contributed by atoms with Gasteiger partial charge in [0, 0.05) is 16.0 Å². The topological polar surface area (TPSA) is 71.1 Å². The summed E-state index contributed by atoms with van der Waals surface area (Å²) in [5.74, 6) is 0.0713. The van der Waals surface area contributed by atoms with Crippen molar-refractivity contribution in [1.29, 1.82) is 0 Å². The number of nitrogens with one attached hydrogen (secondary N) is 2. The Bertz CT molecular complexity index is 1160. The van der Waals surface area contributed by atoms with E-state index >= 15 is 0 Å². The summed E-state index contributed by atoms with van der Waals surface area (Å²) >= 11 is 4.45. The van der Waals surface area contributed by atoms with E-state index in [2.05, 4.69) is 15.6 Å². The van der Waals surface area contributed by atoms with E-state index < -0.39 is 0 Å². The summed E-state index contributed by atoms with van der Waals surface area (Å²) in [4.78, 5) is 31.0. The second-order valence-corrected chi connectivity index (χ2v) is 9.44. The van der Waals surface area contributed by atoms with Gasteiger partial charge in [0.25, 0.3) is 0 Å². The van der Waals surface area contributed by atoms with Crippen LogP contribution in [-0.2, 0) is 16.0 Å². The van der Waals surface area contributed by atoms with Gasteiger partial charge in [-0.05, 0) is 35.2 Å². The summed E-state index contributed by atoms with van der Waals surface area (Å²) in [5.41, 5.74) is 2.56. The van der Waals surface area contributed by atoms with Gasteiger partial charge in [0.2, 0.25) is 11.8 Å². The highest BCUT2D eigenvalue weighted by atomic mass is 32.2. The minimum Gasteiger partial charge on any atom is -0.326 e. The first kappa shape index (κ1) is 21.3. The van der Waals surface area contributed by atoms with Crippen molar-refractivity contribution in [3.63, 3.8) is 0 Å². The molecule has 2 aromatic heterocycles. The number of benzene rings is 2. The van der Waals surface area contributed by atoms with Gasteiger partial charge in [-0.2, -0.15) is 0 Å². The van der Waals surface area contributed by atoms with Crippen molar-refractivity contribution in [3.05, 3.63) is 83.1 Å². The van der Waals surface area contributed by atoms with Crippen LogP contribution in [0.15, 0.2) is 82.4 Å². The number of aromatic nitrogens is 1. The molecule has 0 spiro atoms. The molecule has 31 heavy (non-hydrogen) atoms. The second-order valence-electron chi connectivity index (χ2n) is 6.59. The van der Waals surface area contributed by atoms with E-state index in [4.69, 9.17) is 0 Å². The minimum atomic E-state index is -0.115. The Labute approximate surface area is 192 Å². The van der Waals surface area contributed by atoms with Crippen molar-refractivity contribution in [3.8, 4) is 10.6 Å². The Kier molecular flexibility index (Phi) is 7.14. The number of nitrogens with zero attached hydrogens (tertiary/aromatic N) is 1. The molecule has 0 aliphatic heterocycles. The fourth-order valence-corrected chi connectivity index (χ4v) is 5.07. The van der Waals surface area contributed by atoms with Gasteiger partial charge in [-0.15, -0.1) is 34.4 Å². The number of thiazole rings is 1. The first-order chi connectivity index (χ1) is 15.2. The molecule has 5 nitrogen and oxygen atoms in total. The fraction of sp³-hybridized carbons (Fsp3) is 0.0870. The molecule has 0 unspecified atom stereocenters. The van der Waals surface area contributed by atoms with Crippen LogP contribution in [0.25, 0.3) is 10.6 Å². The summed E-state index contributed by atoms with van der Waals surface area (Å²) in [6, 6.07) is 21.1. The summed E-state index contributed by atoms with van der Waals surface area (Å²) in [6.45, 7) is 0. The summed E-state index contributed by atoms with van der Waals surface area (Å²) in [7, 11) is 0. The SMILES string of the molecule is O=C(Cc1ccccc1)Nc1cccc(SCC(=O)Nc2nc(-c3cccs3)cs2)c1. The molecule has 156 valence electrons. The van der Waals surface area contributed by atoms with Gasteiger partial charge in [0.15, 0.2) is 5.13 Å². The Morgan fingerprint density at radius 2 is 1.77 bits per heavy atom. The molecule has 0 aliphatic carbocycles. The van der Waals surface area contributed by atoms with Crippen molar-refractivity contribution in [2.75, 3.05) is 16.4 Å². The molecule has 4 rings (SSSR count). The first-order valence-corrected chi connectivity index (χ1v) is 12.3. The normalized spacial score (nSPS) is 10.6. The number of thioether (sulfide) groups is 1. The number of carbonyl (C=O) groups excluding carboxylic acids is 2. The van der Waals surface area contributed by atoms with Crippen molar-refractivity contribution in [2.24, 2.45) is 0 Å². The maximum Gasteiger partial charge on any atom is 0.236 e. The molecule has 0 fully saturated rings. The van der Waals surface area contributed by atoms with Crippen LogP contribution in [0.3, 0.4) is 0 Å². The van der Waals surface area contributed by atoms with Crippen LogP contribution >= 0.6 is 34.4 Å². The third-order valence-electron chi connectivity index (χ3n) is 4.22. The van der Waals surface area contributed by atoms with Crippen molar-refractivity contribution in [2.45, 2.75) is 11.3 Å². The summed E-state index contributed by atoms with van der Waals surface area (Å²) < 4.78 is 0. The number of thiophene rings is 1. The monoisotopic (exact) mass is 465 g/mol. The number of rotatable bonds is 8. The quantitative estimate of drug-likeness (QED) is 0.323. The Morgan fingerprint density at radius 1 is 0.903 bits per heavy atom. The second kappa shape index (κ2) is 10.4. The maximum atomic E-state index is 12.3. The van der Waals surface area contributed by atoms with Gasteiger partial charge in [-0.3, -0.25) is 9.59 Å². The summed E-state index contributed by atoms with van der Waals surface area (Å²) in [5, 5.41) is 10.3. The average Bonchev–Trinajstić information content (AvgIpc) is 3.45. The van der Waals surface area contributed by atoms with Crippen molar-refractivity contribution < 1.29 is 9.59 Å². The Balaban J connectivity index is 1.28. The number of anilines is 2.